The molecule has 0 unspecified atom stereocenters. The van der Waals surface area contributed by atoms with E-state index in [9.17, 15) is 0 Å². The minimum Gasteiger partial charge on any atom is -0.396 e. The average molecular weight is 224 g/mol. The second kappa shape index (κ2) is 5.46. The van der Waals surface area contributed by atoms with Crippen molar-refractivity contribution >= 4 is 0 Å². The second-order valence-corrected chi connectivity index (χ2v) is 4.57. The third kappa shape index (κ3) is 2.83. The molecule has 0 aliphatic heterocycles. The van der Waals surface area contributed by atoms with Gasteiger partial charge in [0.1, 0.15) is 0 Å². The molecular weight excluding hydrogens is 204 g/mol. The van der Waals surface area contributed by atoms with Gasteiger partial charge in [0.15, 0.2) is 5.76 Å². The summed E-state index contributed by atoms with van der Waals surface area (Å²) < 4.78 is 5.24. The molecule has 1 heterocycles. The first-order valence-corrected chi connectivity index (χ1v) is 6.06. The first kappa shape index (κ1) is 11.6. The number of aryl methyl sites for hydroxylation is 1. The Bertz CT molecular complexity index is 321. The molecule has 0 saturated heterocycles. The van der Waals surface area contributed by atoms with Gasteiger partial charge in [-0.2, -0.15) is 0 Å². The predicted molar refractivity (Wildman–Crippen MR) is 61.0 cm³/mol. The monoisotopic (exact) mass is 224 g/mol. The molecule has 0 aromatic carbocycles. The van der Waals surface area contributed by atoms with Crippen LogP contribution in [0.4, 0.5) is 0 Å². The van der Waals surface area contributed by atoms with E-state index in [1.54, 1.807) is 0 Å². The van der Waals surface area contributed by atoms with Crippen LogP contribution in [0.25, 0.3) is 0 Å². The molecule has 2 rings (SSSR count). The maximum absolute atomic E-state index is 8.90. The van der Waals surface area contributed by atoms with Crippen molar-refractivity contribution in [3.8, 4) is 0 Å². The number of aromatic nitrogens is 1. The van der Waals surface area contributed by atoms with E-state index in [2.05, 4.69) is 10.1 Å². The molecule has 0 spiro atoms. The summed E-state index contributed by atoms with van der Waals surface area (Å²) in [5.41, 5.74) is 0.936. The van der Waals surface area contributed by atoms with Crippen LogP contribution in [0.1, 0.15) is 37.1 Å². The lowest BCUT2D eigenvalue weighted by atomic mass is 9.91. The zero-order chi connectivity index (χ0) is 11.4. The Labute approximate surface area is 96.2 Å². The van der Waals surface area contributed by atoms with Crippen molar-refractivity contribution in [3.63, 3.8) is 0 Å². The standard InChI is InChI=1S/C12H20N2O2/c1-10-8-12(16-13-10)9-14(6-3-7-15)11-4-2-5-11/h8,11,15H,2-7,9H2,1H3. The molecule has 1 aromatic rings. The van der Waals surface area contributed by atoms with E-state index >= 15 is 0 Å². The van der Waals surface area contributed by atoms with Crippen LogP contribution in [-0.2, 0) is 6.54 Å². The predicted octanol–water partition coefficient (Wildman–Crippen LogP) is 1.72. The molecule has 1 aliphatic carbocycles. The van der Waals surface area contributed by atoms with Crippen LogP contribution in [-0.4, -0.2) is 34.4 Å². The summed E-state index contributed by atoms with van der Waals surface area (Å²) in [5.74, 6) is 0.933. The van der Waals surface area contributed by atoms with Crippen molar-refractivity contribution < 1.29 is 9.63 Å². The van der Waals surface area contributed by atoms with E-state index in [4.69, 9.17) is 9.63 Å². The zero-order valence-corrected chi connectivity index (χ0v) is 9.85. The fraction of sp³-hybridized carbons (Fsp3) is 0.750. The largest absolute Gasteiger partial charge is 0.396 e. The Morgan fingerprint density at radius 2 is 2.38 bits per heavy atom. The van der Waals surface area contributed by atoms with Gasteiger partial charge >= 0.3 is 0 Å². The van der Waals surface area contributed by atoms with Gasteiger partial charge in [-0.05, 0) is 26.2 Å². The summed E-state index contributed by atoms with van der Waals surface area (Å²) in [6, 6.07) is 2.67. The minimum atomic E-state index is 0.263. The lowest BCUT2D eigenvalue weighted by molar-refractivity contribution is 0.0988. The van der Waals surface area contributed by atoms with E-state index in [-0.39, 0.29) is 6.61 Å². The normalized spacial score (nSPS) is 16.7. The molecule has 0 atom stereocenters. The number of aliphatic hydroxyl groups is 1. The Kier molecular flexibility index (Phi) is 3.96. The van der Waals surface area contributed by atoms with E-state index in [0.29, 0.717) is 6.04 Å². The molecular formula is C12H20N2O2. The molecule has 0 amide bonds. The van der Waals surface area contributed by atoms with Gasteiger partial charge < -0.3 is 9.63 Å². The summed E-state index contributed by atoms with van der Waals surface area (Å²) in [7, 11) is 0. The van der Waals surface area contributed by atoms with Gasteiger partial charge in [-0.25, -0.2) is 0 Å². The summed E-state index contributed by atoms with van der Waals surface area (Å²) in [4.78, 5) is 2.40. The summed E-state index contributed by atoms with van der Waals surface area (Å²) in [6.45, 7) is 3.97. The number of aliphatic hydroxyl groups excluding tert-OH is 1. The van der Waals surface area contributed by atoms with Gasteiger partial charge in [-0.15, -0.1) is 0 Å². The van der Waals surface area contributed by atoms with Crippen LogP contribution < -0.4 is 0 Å². The molecule has 90 valence electrons. The fourth-order valence-corrected chi connectivity index (χ4v) is 2.11. The van der Waals surface area contributed by atoms with Crippen molar-refractivity contribution in [1.82, 2.24) is 10.1 Å². The van der Waals surface area contributed by atoms with Crippen LogP contribution >= 0.6 is 0 Å². The molecule has 1 N–H and O–H groups in total. The lowest BCUT2D eigenvalue weighted by Gasteiger charge is -2.36. The number of hydrogen-bond acceptors (Lipinski definition) is 4. The first-order valence-electron chi connectivity index (χ1n) is 6.06. The van der Waals surface area contributed by atoms with Gasteiger partial charge in [0.2, 0.25) is 0 Å². The number of rotatable bonds is 6. The quantitative estimate of drug-likeness (QED) is 0.799. The van der Waals surface area contributed by atoms with E-state index in [0.717, 1.165) is 31.0 Å². The highest BCUT2D eigenvalue weighted by Gasteiger charge is 2.25. The SMILES string of the molecule is Cc1cc(CN(CCCO)C2CCC2)on1. The Morgan fingerprint density at radius 3 is 2.88 bits per heavy atom. The molecule has 4 nitrogen and oxygen atoms in total. The lowest BCUT2D eigenvalue weighted by Crippen LogP contribution is -2.40. The van der Waals surface area contributed by atoms with Crippen LogP contribution in [0, 0.1) is 6.92 Å². The summed E-state index contributed by atoms with van der Waals surface area (Å²) >= 11 is 0. The Balaban J connectivity index is 1.90. The van der Waals surface area contributed by atoms with Crippen LogP contribution in [0.15, 0.2) is 10.6 Å². The zero-order valence-electron chi connectivity index (χ0n) is 9.85. The Hall–Kier alpha value is -0.870. The smallest absolute Gasteiger partial charge is 0.150 e. The highest BCUT2D eigenvalue weighted by atomic mass is 16.5. The number of nitrogens with zero attached hydrogens (tertiary/aromatic N) is 2. The third-order valence-corrected chi connectivity index (χ3v) is 3.23. The topological polar surface area (TPSA) is 49.5 Å². The molecule has 4 heteroatoms. The van der Waals surface area contributed by atoms with Crippen LogP contribution in [0.3, 0.4) is 0 Å². The van der Waals surface area contributed by atoms with Crippen molar-refractivity contribution in [3.05, 3.63) is 17.5 Å². The van der Waals surface area contributed by atoms with Crippen LogP contribution in [0.2, 0.25) is 0 Å². The van der Waals surface area contributed by atoms with E-state index in [1.807, 2.05) is 13.0 Å². The van der Waals surface area contributed by atoms with Gasteiger partial charge in [0.05, 0.1) is 12.2 Å². The molecule has 0 radical (unpaired) electrons. The molecule has 16 heavy (non-hydrogen) atoms. The van der Waals surface area contributed by atoms with E-state index in [1.165, 1.54) is 19.3 Å². The van der Waals surface area contributed by atoms with Gasteiger partial charge in [-0.1, -0.05) is 11.6 Å². The van der Waals surface area contributed by atoms with Crippen LogP contribution in [0.5, 0.6) is 0 Å². The Morgan fingerprint density at radius 1 is 1.56 bits per heavy atom. The molecule has 1 fully saturated rings. The molecule has 1 aromatic heterocycles. The molecule has 1 saturated carbocycles. The second-order valence-electron chi connectivity index (χ2n) is 4.57. The fourth-order valence-electron chi connectivity index (χ4n) is 2.11. The molecule has 1 aliphatic rings. The van der Waals surface area contributed by atoms with Crippen molar-refractivity contribution in [2.75, 3.05) is 13.2 Å². The maximum atomic E-state index is 8.90. The van der Waals surface area contributed by atoms with Crippen molar-refractivity contribution in [1.29, 1.82) is 0 Å². The van der Waals surface area contributed by atoms with Crippen molar-refractivity contribution in [2.45, 2.75) is 45.2 Å². The van der Waals surface area contributed by atoms with Gasteiger partial charge in [-0.3, -0.25) is 4.90 Å². The highest BCUT2D eigenvalue weighted by molar-refractivity contribution is 5.03. The van der Waals surface area contributed by atoms with Gasteiger partial charge in [0, 0.05) is 25.3 Å². The third-order valence-electron chi connectivity index (χ3n) is 3.23. The van der Waals surface area contributed by atoms with Gasteiger partial charge in [0.25, 0.3) is 0 Å². The highest BCUT2D eigenvalue weighted by Crippen LogP contribution is 2.26. The molecule has 0 bridgehead atoms. The van der Waals surface area contributed by atoms with E-state index < -0.39 is 0 Å². The summed E-state index contributed by atoms with van der Waals surface area (Å²) in [5, 5.41) is 12.8. The van der Waals surface area contributed by atoms with Crippen molar-refractivity contribution in [2.24, 2.45) is 0 Å². The number of hydrogen-bond donors (Lipinski definition) is 1. The summed E-state index contributed by atoms with van der Waals surface area (Å²) in [6.07, 6.45) is 4.72. The first-order chi connectivity index (χ1) is 7.79. The average Bonchev–Trinajstić information content (AvgIpc) is 2.58. The minimum absolute atomic E-state index is 0.263. The maximum Gasteiger partial charge on any atom is 0.150 e.